The summed E-state index contributed by atoms with van der Waals surface area (Å²) in [7, 11) is 2.05. The molecule has 35 heavy (non-hydrogen) atoms. The molecular formula is C25H21F2N5O2S. The van der Waals surface area contributed by atoms with Gasteiger partial charge in [0.2, 0.25) is 5.91 Å². The molecular weight excluding hydrogens is 472 g/mol. The van der Waals surface area contributed by atoms with E-state index in [1.165, 1.54) is 16.8 Å². The number of benzene rings is 2. The number of nitriles is 1. The minimum absolute atomic E-state index is 0.323. The second-order valence-corrected chi connectivity index (χ2v) is 9.64. The number of thioether (sulfide) groups is 1. The predicted molar refractivity (Wildman–Crippen MR) is 129 cm³/mol. The van der Waals surface area contributed by atoms with E-state index in [1.54, 1.807) is 23.9 Å². The van der Waals surface area contributed by atoms with E-state index in [-0.39, 0.29) is 0 Å². The fourth-order valence-electron chi connectivity index (χ4n) is 4.43. The lowest BCUT2D eigenvalue weighted by Gasteiger charge is -2.19. The van der Waals surface area contributed by atoms with Crippen LogP contribution in [0.4, 0.5) is 14.5 Å². The summed E-state index contributed by atoms with van der Waals surface area (Å²) >= 11 is 1.76. The van der Waals surface area contributed by atoms with Gasteiger partial charge in [0.1, 0.15) is 6.04 Å². The molecule has 3 aromatic rings. The zero-order chi connectivity index (χ0) is 24.7. The first-order valence-corrected chi connectivity index (χ1v) is 12.0. The number of nitrogens with one attached hydrogen (secondary N) is 1. The molecule has 7 nitrogen and oxygen atoms in total. The SMILES string of the molecule is CN1CSc2cc(-c3ccc4nccc(C(=O)NCC(=O)N5CC(F)(F)C[C@H]5C#N)c4c3)ccc21. The molecule has 1 aromatic heterocycles. The molecule has 1 fully saturated rings. The van der Waals surface area contributed by atoms with E-state index in [2.05, 4.69) is 27.3 Å². The number of hydrogen-bond acceptors (Lipinski definition) is 6. The van der Waals surface area contributed by atoms with Gasteiger partial charge in [0.25, 0.3) is 11.8 Å². The molecule has 0 radical (unpaired) electrons. The van der Waals surface area contributed by atoms with Gasteiger partial charge in [-0.3, -0.25) is 14.6 Å². The number of aromatic nitrogens is 1. The van der Waals surface area contributed by atoms with Gasteiger partial charge in [-0.2, -0.15) is 5.26 Å². The maximum atomic E-state index is 13.7. The van der Waals surface area contributed by atoms with Gasteiger partial charge in [0.15, 0.2) is 0 Å². The van der Waals surface area contributed by atoms with Gasteiger partial charge >= 0.3 is 0 Å². The molecule has 2 aromatic carbocycles. The van der Waals surface area contributed by atoms with E-state index < -0.39 is 43.3 Å². The number of amides is 2. The van der Waals surface area contributed by atoms with Crippen molar-refractivity contribution in [1.82, 2.24) is 15.2 Å². The molecule has 0 bridgehead atoms. The highest BCUT2D eigenvalue weighted by Gasteiger charge is 2.47. The van der Waals surface area contributed by atoms with Crippen molar-refractivity contribution in [2.45, 2.75) is 23.3 Å². The Morgan fingerprint density at radius 3 is 2.80 bits per heavy atom. The van der Waals surface area contributed by atoms with Crippen molar-refractivity contribution in [1.29, 1.82) is 5.26 Å². The Bertz CT molecular complexity index is 1390. The number of pyridine rings is 1. The predicted octanol–water partition coefficient (Wildman–Crippen LogP) is 3.89. The molecule has 3 heterocycles. The summed E-state index contributed by atoms with van der Waals surface area (Å²) in [6.07, 6.45) is 0.811. The van der Waals surface area contributed by atoms with Crippen LogP contribution in [-0.2, 0) is 4.79 Å². The summed E-state index contributed by atoms with van der Waals surface area (Å²) in [4.78, 5) is 34.0. The Balaban J connectivity index is 1.37. The van der Waals surface area contributed by atoms with Crippen molar-refractivity contribution in [2.24, 2.45) is 0 Å². The van der Waals surface area contributed by atoms with Crippen LogP contribution in [0.5, 0.6) is 0 Å². The molecule has 0 aliphatic carbocycles. The number of carbonyl (C=O) groups is 2. The van der Waals surface area contributed by atoms with Crippen LogP contribution < -0.4 is 10.2 Å². The fraction of sp³-hybridized carbons (Fsp3) is 0.280. The number of fused-ring (bicyclic) bond motifs is 2. The largest absolute Gasteiger partial charge is 0.364 e. The Labute approximate surface area is 204 Å². The van der Waals surface area contributed by atoms with Crippen LogP contribution in [-0.4, -0.2) is 59.7 Å². The number of halogens is 2. The van der Waals surface area contributed by atoms with Gasteiger partial charge in [-0.1, -0.05) is 12.1 Å². The molecule has 2 amide bonds. The summed E-state index contributed by atoms with van der Waals surface area (Å²) in [5.74, 6) is -3.45. The summed E-state index contributed by atoms with van der Waals surface area (Å²) in [5.41, 5.74) is 4.05. The quantitative estimate of drug-likeness (QED) is 0.593. The van der Waals surface area contributed by atoms with Gasteiger partial charge in [-0.05, 0) is 41.5 Å². The highest BCUT2D eigenvalue weighted by atomic mass is 32.2. The first kappa shape index (κ1) is 23.1. The number of anilines is 1. The number of rotatable bonds is 4. The molecule has 0 saturated carbocycles. The van der Waals surface area contributed by atoms with Crippen LogP contribution in [0.2, 0.25) is 0 Å². The van der Waals surface area contributed by atoms with Gasteiger partial charge < -0.3 is 15.1 Å². The van der Waals surface area contributed by atoms with Crippen molar-refractivity contribution in [3.05, 3.63) is 54.2 Å². The van der Waals surface area contributed by atoms with E-state index >= 15 is 0 Å². The molecule has 1 saturated heterocycles. The summed E-state index contributed by atoms with van der Waals surface area (Å²) in [6, 6.07) is 14.0. The maximum absolute atomic E-state index is 13.7. The zero-order valence-electron chi connectivity index (χ0n) is 18.8. The van der Waals surface area contributed by atoms with Crippen LogP contribution in [0.15, 0.2) is 53.6 Å². The van der Waals surface area contributed by atoms with Gasteiger partial charge in [0, 0.05) is 29.9 Å². The topological polar surface area (TPSA) is 89.3 Å². The summed E-state index contributed by atoms with van der Waals surface area (Å²) in [6.45, 7) is -1.30. The third-order valence-electron chi connectivity index (χ3n) is 6.24. The van der Waals surface area contributed by atoms with Crippen molar-refractivity contribution < 1.29 is 18.4 Å². The number of carbonyl (C=O) groups excluding carboxylic acids is 2. The average molecular weight is 494 g/mol. The van der Waals surface area contributed by atoms with Gasteiger partial charge in [-0.15, -0.1) is 11.8 Å². The van der Waals surface area contributed by atoms with Crippen LogP contribution in [0.3, 0.4) is 0 Å². The molecule has 2 aliphatic rings. The summed E-state index contributed by atoms with van der Waals surface area (Å²) < 4.78 is 27.3. The van der Waals surface area contributed by atoms with Crippen molar-refractivity contribution in [2.75, 3.05) is 30.9 Å². The molecule has 0 unspecified atom stereocenters. The van der Waals surface area contributed by atoms with Crippen LogP contribution in [0, 0.1) is 11.3 Å². The standard InChI is InChI=1S/C25H21F2N5O2S/c1-31-14-35-22-9-16(3-5-21(22)31)15-2-4-20-19(8-15)18(6-7-29-20)24(34)30-12-23(33)32-13-25(26,27)10-17(32)11-28/h2-9,17H,10,12-14H2,1H3,(H,30,34)/t17-/m0/s1. The third kappa shape index (κ3) is 4.39. The molecule has 1 atom stereocenters. The first-order chi connectivity index (χ1) is 16.8. The number of likely N-dealkylation sites (tertiary alicyclic amines) is 1. The van der Waals surface area contributed by atoms with Crippen molar-refractivity contribution in [3.8, 4) is 17.2 Å². The lowest BCUT2D eigenvalue weighted by Crippen LogP contribution is -2.43. The highest BCUT2D eigenvalue weighted by Crippen LogP contribution is 2.40. The van der Waals surface area contributed by atoms with Crippen LogP contribution in [0.1, 0.15) is 16.8 Å². The molecule has 2 aliphatic heterocycles. The lowest BCUT2D eigenvalue weighted by molar-refractivity contribution is -0.131. The summed E-state index contributed by atoms with van der Waals surface area (Å²) in [5, 5.41) is 12.2. The van der Waals surface area contributed by atoms with E-state index in [1.807, 2.05) is 31.3 Å². The Kier molecular flexibility index (Phi) is 5.81. The second-order valence-electron chi connectivity index (χ2n) is 8.65. The highest BCUT2D eigenvalue weighted by molar-refractivity contribution is 7.99. The Hall–Kier alpha value is -3.71. The normalized spacial score (nSPS) is 18.4. The second kappa shape index (κ2) is 8.82. The Morgan fingerprint density at radius 1 is 1.23 bits per heavy atom. The minimum atomic E-state index is -3.11. The molecule has 1 N–H and O–H groups in total. The minimum Gasteiger partial charge on any atom is -0.364 e. The number of alkyl halides is 2. The van der Waals surface area contributed by atoms with Crippen molar-refractivity contribution >= 4 is 40.2 Å². The Morgan fingerprint density at radius 2 is 2.00 bits per heavy atom. The fourth-order valence-corrected chi connectivity index (χ4v) is 5.49. The molecule has 178 valence electrons. The average Bonchev–Trinajstić information content (AvgIpc) is 3.39. The number of hydrogen-bond donors (Lipinski definition) is 1. The van der Waals surface area contributed by atoms with Crippen LogP contribution in [0.25, 0.3) is 22.0 Å². The lowest BCUT2D eigenvalue weighted by atomic mass is 10.00. The molecule has 0 spiro atoms. The number of nitrogens with zero attached hydrogens (tertiary/aromatic N) is 4. The monoisotopic (exact) mass is 493 g/mol. The van der Waals surface area contributed by atoms with Crippen molar-refractivity contribution in [3.63, 3.8) is 0 Å². The van der Waals surface area contributed by atoms with E-state index in [9.17, 15) is 18.4 Å². The van der Waals surface area contributed by atoms with Gasteiger partial charge in [0.05, 0.1) is 41.8 Å². The van der Waals surface area contributed by atoms with E-state index in [0.717, 1.165) is 21.9 Å². The first-order valence-electron chi connectivity index (χ1n) is 11.0. The van der Waals surface area contributed by atoms with Gasteiger partial charge in [-0.25, -0.2) is 8.78 Å². The maximum Gasteiger partial charge on any atom is 0.268 e. The zero-order valence-corrected chi connectivity index (χ0v) is 19.6. The molecule has 10 heteroatoms. The van der Waals surface area contributed by atoms with E-state index in [0.29, 0.717) is 16.5 Å². The molecule has 5 rings (SSSR count). The smallest absolute Gasteiger partial charge is 0.268 e. The van der Waals surface area contributed by atoms with E-state index in [4.69, 9.17) is 5.26 Å². The third-order valence-corrected chi connectivity index (χ3v) is 7.40. The van der Waals surface area contributed by atoms with Crippen LogP contribution >= 0.6 is 11.8 Å².